The lowest BCUT2D eigenvalue weighted by atomic mass is 9.95. The van der Waals surface area contributed by atoms with Crippen LogP contribution in [0, 0.1) is 19.7 Å². The number of pyridine rings is 2. The number of fused-ring (bicyclic) bond motifs is 1. The van der Waals surface area contributed by atoms with Crippen LogP contribution in [-0.2, 0) is 11.3 Å². The molecule has 6 rings (SSSR count). The van der Waals surface area contributed by atoms with Crippen LogP contribution in [0.1, 0.15) is 23.4 Å². The molecule has 0 aliphatic carbocycles. The zero-order valence-corrected chi connectivity index (χ0v) is 24.3. The molecule has 0 saturated carbocycles. The molecule has 0 bridgehead atoms. The van der Waals surface area contributed by atoms with E-state index in [0.29, 0.717) is 59.6 Å². The summed E-state index contributed by atoms with van der Waals surface area (Å²) in [5.41, 5.74) is 5.92. The van der Waals surface area contributed by atoms with Crippen molar-refractivity contribution in [2.45, 2.75) is 39.0 Å². The summed E-state index contributed by atoms with van der Waals surface area (Å²) in [6.07, 6.45) is 1.86. The number of aliphatic hydroxyl groups excluding tert-OH is 1. The van der Waals surface area contributed by atoms with Gasteiger partial charge in [-0.25, -0.2) is 19.3 Å². The quantitative estimate of drug-likeness (QED) is 0.219. The third kappa shape index (κ3) is 5.90. The van der Waals surface area contributed by atoms with Gasteiger partial charge in [-0.15, -0.1) is 0 Å². The number of ether oxygens (including phenoxy) is 2. The van der Waals surface area contributed by atoms with Gasteiger partial charge in [-0.2, -0.15) is 0 Å². The van der Waals surface area contributed by atoms with E-state index in [-0.39, 0.29) is 11.9 Å². The van der Waals surface area contributed by atoms with Gasteiger partial charge in [-0.05, 0) is 61.7 Å². The summed E-state index contributed by atoms with van der Waals surface area (Å²) in [4.78, 5) is 18.2. The van der Waals surface area contributed by atoms with E-state index in [2.05, 4.69) is 30.6 Å². The first kappa shape index (κ1) is 28.6. The Hall–Kier alpha value is -4.51. The molecule has 9 nitrogen and oxygen atoms in total. The van der Waals surface area contributed by atoms with Gasteiger partial charge in [0.15, 0.2) is 5.82 Å². The van der Waals surface area contributed by atoms with E-state index in [9.17, 15) is 5.11 Å². The van der Waals surface area contributed by atoms with Gasteiger partial charge in [0.1, 0.15) is 17.2 Å². The van der Waals surface area contributed by atoms with Gasteiger partial charge in [0, 0.05) is 47.8 Å². The van der Waals surface area contributed by atoms with Crippen LogP contribution in [0.3, 0.4) is 0 Å². The summed E-state index contributed by atoms with van der Waals surface area (Å²) < 4.78 is 27.1. The van der Waals surface area contributed by atoms with E-state index < -0.39 is 6.10 Å². The molecule has 220 valence electrons. The number of aromatic nitrogens is 4. The molecule has 5 aromatic rings. The molecule has 1 aliphatic heterocycles. The molecule has 0 spiro atoms. The minimum atomic E-state index is -0.568. The number of nitrogens with zero attached hydrogens (tertiary/aromatic N) is 4. The van der Waals surface area contributed by atoms with Crippen LogP contribution in [0.2, 0.25) is 0 Å². The highest BCUT2D eigenvalue weighted by atomic mass is 19.1. The van der Waals surface area contributed by atoms with Crippen molar-refractivity contribution in [1.29, 1.82) is 0 Å². The number of nitrogens with one attached hydrogen (secondary N) is 2. The van der Waals surface area contributed by atoms with E-state index in [0.717, 1.165) is 34.3 Å². The monoisotopic (exact) mass is 580 g/mol. The van der Waals surface area contributed by atoms with E-state index in [1.54, 1.807) is 31.5 Å². The van der Waals surface area contributed by atoms with Crippen molar-refractivity contribution in [3.8, 4) is 28.3 Å². The van der Waals surface area contributed by atoms with Crippen LogP contribution < -0.4 is 15.4 Å². The van der Waals surface area contributed by atoms with Gasteiger partial charge in [-0.3, -0.25) is 4.98 Å². The normalized spacial score (nSPS) is 16.8. The van der Waals surface area contributed by atoms with Gasteiger partial charge in [0.25, 0.3) is 0 Å². The Labute approximate surface area is 249 Å². The average Bonchev–Trinajstić information content (AvgIpc) is 3.02. The molecular formula is C33H33FN6O3. The summed E-state index contributed by atoms with van der Waals surface area (Å²) in [5.74, 6) is 1.24. The van der Waals surface area contributed by atoms with Gasteiger partial charge in [0.05, 0.1) is 31.0 Å². The lowest BCUT2D eigenvalue weighted by Crippen LogP contribution is -2.46. The number of benzene rings is 2. The number of aryl methyl sites for hydroxylation is 1. The number of methoxy groups -OCH3 is 1. The maximum Gasteiger partial charge on any atom is 0.218 e. The summed E-state index contributed by atoms with van der Waals surface area (Å²) >= 11 is 0. The Morgan fingerprint density at radius 3 is 2.63 bits per heavy atom. The van der Waals surface area contributed by atoms with Crippen LogP contribution in [0.25, 0.3) is 33.4 Å². The molecule has 2 aromatic carbocycles. The number of anilines is 2. The minimum absolute atomic E-state index is 0.0749. The summed E-state index contributed by atoms with van der Waals surface area (Å²) in [6, 6.07) is 18.4. The van der Waals surface area contributed by atoms with Crippen molar-refractivity contribution in [3.05, 3.63) is 89.6 Å². The van der Waals surface area contributed by atoms with E-state index >= 15 is 4.39 Å². The topological polar surface area (TPSA) is 114 Å². The second-order valence-electron chi connectivity index (χ2n) is 10.5. The maximum atomic E-state index is 16.2. The van der Waals surface area contributed by atoms with Crippen molar-refractivity contribution < 1.29 is 19.0 Å². The predicted octanol–water partition coefficient (Wildman–Crippen LogP) is 5.50. The van der Waals surface area contributed by atoms with Crippen LogP contribution in [0.5, 0.6) is 5.88 Å². The molecule has 3 N–H and O–H groups in total. The Kier molecular flexibility index (Phi) is 8.24. The molecule has 3 aromatic heterocycles. The van der Waals surface area contributed by atoms with Gasteiger partial charge >= 0.3 is 0 Å². The Bertz CT molecular complexity index is 1780. The van der Waals surface area contributed by atoms with Gasteiger partial charge < -0.3 is 25.2 Å². The summed E-state index contributed by atoms with van der Waals surface area (Å²) in [5, 5.41) is 17.0. The third-order valence-corrected chi connectivity index (χ3v) is 7.73. The molecule has 1 saturated heterocycles. The smallest absolute Gasteiger partial charge is 0.218 e. The predicted molar refractivity (Wildman–Crippen MR) is 164 cm³/mol. The SMILES string of the molecule is COc1nc(-c2cccc(-c3cccc(Nc4nc(C)nc5cccnc45)c3C)c2F)ccc1CN[C@@H]1CCOC[C@@H]1O. The second kappa shape index (κ2) is 12.4. The van der Waals surface area contributed by atoms with Gasteiger partial charge in [-0.1, -0.05) is 30.3 Å². The highest BCUT2D eigenvalue weighted by Crippen LogP contribution is 2.36. The number of halogens is 1. The zero-order chi connectivity index (χ0) is 29.9. The molecule has 4 heterocycles. The first-order valence-corrected chi connectivity index (χ1v) is 14.2. The fourth-order valence-electron chi connectivity index (χ4n) is 5.43. The van der Waals surface area contributed by atoms with Gasteiger partial charge in [0.2, 0.25) is 5.88 Å². The first-order valence-electron chi connectivity index (χ1n) is 14.2. The molecule has 0 radical (unpaired) electrons. The van der Waals surface area contributed by atoms with E-state index in [1.165, 1.54) is 0 Å². The number of rotatable bonds is 8. The van der Waals surface area contributed by atoms with Crippen molar-refractivity contribution in [2.24, 2.45) is 0 Å². The molecule has 1 aliphatic rings. The lowest BCUT2D eigenvalue weighted by molar-refractivity contribution is -0.0281. The van der Waals surface area contributed by atoms with Crippen LogP contribution >= 0.6 is 0 Å². The highest BCUT2D eigenvalue weighted by molar-refractivity contribution is 5.88. The van der Waals surface area contributed by atoms with Crippen molar-refractivity contribution in [3.63, 3.8) is 0 Å². The molecule has 0 unspecified atom stereocenters. The molecule has 10 heteroatoms. The van der Waals surface area contributed by atoms with Crippen LogP contribution in [-0.4, -0.2) is 57.5 Å². The standard InChI is InChI=1S/C33H33FN6O3/c1-19-22(7-5-10-25(19)39-32-31-28(11-6-15-35-31)37-20(2)38-32)23-8-4-9-24(30(23)34)26-13-12-21(33(40-26)42-3)17-36-27-14-16-43-18-29(27)41/h4-13,15,27,29,36,41H,14,16-18H2,1-3H3,(H,37,38,39)/t27-,29+/m1/s1. The van der Waals surface area contributed by atoms with E-state index in [1.807, 2.05) is 56.3 Å². The largest absolute Gasteiger partial charge is 0.481 e. The highest BCUT2D eigenvalue weighted by Gasteiger charge is 2.24. The van der Waals surface area contributed by atoms with Crippen molar-refractivity contribution in [2.75, 3.05) is 25.6 Å². The Morgan fingerprint density at radius 1 is 0.977 bits per heavy atom. The first-order chi connectivity index (χ1) is 20.9. The minimum Gasteiger partial charge on any atom is -0.481 e. The van der Waals surface area contributed by atoms with Crippen LogP contribution in [0.15, 0.2) is 66.9 Å². The molecular weight excluding hydrogens is 547 g/mol. The number of hydrogen-bond donors (Lipinski definition) is 3. The molecule has 0 amide bonds. The Balaban J connectivity index is 1.29. The van der Waals surface area contributed by atoms with Crippen molar-refractivity contribution in [1.82, 2.24) is 25.3 Å². The van der Waals surface area contributed by atoms with E-state index in [4.69, 9.17) is 9.47 Å². The fourth-order valence-corrected chi connectivity index (χ4v) is 5.43. The average molecular weight is 581 g/mol. The fraction of sp³-hybridized carbons (Fsp3) is 0.273. The molecule has 1 fully saturated rings. The third-order valence-electron chi connectivity index (χ3n) is 7.73. The maximum absolute atomic E-state index is 16.2. The second-order valence-corrected chi connectivity index (χ2v) is 10.5. The summed E-state index contributed by atoms with van der Waals surface area (Å²) in [6.45, 7) is 5.16. The number of aliphatic hydroxyl groups is 1. The number of hydrogen-bond acceptors (Lipinski definition) is 9. The molecule has 43 heavy (non-hydrogen) atoms. The van der Waals surface area contributed by atoms with Crippen LogP contribution in [0.4, 0.5) is 15.9 Å². The lowest BCUT2D eigenvalue weighted by Gasteiger charge is -2.28. The Morgan fingerprint density at radius 2 is 1.79 bits per heavy atom. The zero-order valence-electron chi connectivity index (χ0n) is 24.3. The summed E-state index contributed by atoms with van der Waals surface area (Å²) in [7, 11) is 1.55. The van der Waals surface area contributed by atoms with Crippen molar-refractivity contribution >= 4 is 22.5 Å². The molecule has 2 atom stereocenters.